The maximum Gasteiger partial charge on any atom is 0.340 e. The van der Waals surface area contributed by atoms with E-state index in [1.165, 1.54) is 6.92 Å². The monoisotopic (exact) mass is 238 g/mol. The summed E-state index contributed by atoms with van der Waals surface area (Å²) in [7, 11) is 0. The van der Waals surface area contributed by atoms with E-state index in [1.807, 2.05) is 30.3 Å². The average molecular weight is 238 g/mol. The van der Waals surface area contributed by atoms with Crippen LogP contribution in [0.4, 0.5) is 0 Å². The highest BCUT2D eigenvalue weighted by atomic mass is 16.6. The van der Waals surface area contributed by atoms with E-state index in [0.717, 1.165) is 5.56 Å². The van der Waals surface area contributed by atoms with E-state index in [9.17, 15) is 15.0 Å². The third-order valence-electron chi connectivity index (χ3n) is 2.61. The first-order valence-electron chi connectivity index (χ1n) is 5.60. The van der Waals surface area contributed by atoms with Crippen LogP contribution in [-0.4, -0.2) is 34.5 Å². The van der Waals surface area contributed by atoms with Gasteiger partial charge >= 0.3 is 5.97 Å². The third kappa shape index (κ3) is 3.54. The highest BCUT2D eigenvalue weighted by Gasteiger charge is 2.39. The van der Waals surface area contributed by atoms with Gasteiger partial charge in [-0.3, -0.25) is 0 Å². The molecule has 94 valence electrons. The van der Waals surface area contributed by atoms with Crippen LogP contribution >= 0.6 is 0 Å². The zero-order chi connectivity index (χ0) is 12.9. The Balaban J connectivity index is 2.69. The van der Waals surface area contributed by atoms with E-state index >= 15 is 0 Å². The summed E-state index contributed by atoms with van der Waals surface area (Å²) in [6, 6.07) is 9.18. The Hall–Kier alpha value is -1.39. The van der Waals surface area contributed by atoms with Gasteiger partial charge in [0.15, 0.2) is 5.60 Å². The van der Waals surface area contributed by atoms with Crippen molar-refractivity contribution in [3.05, 3.63) is 35.9 Å². The maximum absolute atomic E-state index is 11.5. The first-order valence-corrected chi connectivity index (χ1v) is 5.60. The lowest BCUT2D eigenvalue weighted by Gasteiger charge is -2.26. The molecule has 0 radical (unpaired) electrons. The molecule has 0 aliphatic carbocycles. The number of ether oxygens (including phenoxy) is 1. The number of rotatable bonds is 5. The summed E-state index contributed by atoms with van der Waals surface area (Å²) in [6.45, 7) is 3.09. The number of hydrogen-bond donors (Lipinski definition) is 2. The van der Waals surface area contributed by atoms with Crippen molar-refractivity contribution in [3.8, 4) is 0 Å². The van der Waals surface area contributed by atoms with E-state index in [4.69, 9.17) is 4.74 Å². The van der Waals surface area contributed by atoms with Gasteiger partial charge in [-0.05, 0) is 19.4 Å². The maximum atomic E-state index is 11.5. The lowest BCUT2D eigenvalue weighted by atomic mass is 9.93. The van der Waals surface area contributed by atoms with Crippen LogP contribution in [0.2, 0.25) is 0 Å². The van der Waals surface area contributed by atoms with Gasteiger partial charge in [0.25, 0.3) is 0 Å². The van der Waals surface area contributed by atoms with Crippen LogP contribution in [0.5, 0.6) is 0 Å². The fraction of sp³-hybridized carbons (Fsp3) is 0.462. The van der Waals surface area contributed by atoms with Crippen molar-refractivity contribution < 1.29 is 19.7 Å². The Morgan fingerprint density at radius 3 is 2.53 bits per heavy atom. The summed E-state index contributed by atoms with van der Waals surface area (Å²) in [6.07, 6.45) is -0.990. The standard InChI is InChI=1S/C13H18O4/c1-3-17-12(15)13(2,16)11(14)9-10-7-5-4-6-8-10/h4-8,11,14,16H,3,9H2,1-2H3/t11-,13+/m0/s1. The van der Waals surface area contributed by atoms with Gasteiger partial charge in [0.1, 0.15) is 0 Å². The molecule has 2 N–H and O–H groups in total. The van der Waals surface area contributed by atoms with Gasteiger partial charge in [0.2, 0.25) is 0 Å². The summed E-state index contributed by atoms with van der Waals surface area (Å²) < 4.78 is 4.72. The highest BCUT2D eigenvalue weighted by molar-refractivity contribution is 5.79. The van der Waals surface area contributed by atoms with Gasteiger partial charge < -0.3 is 14.9 Å². The molecule has 0 aromatic heterocycles. The highest BCUT2D eigenvalue weighted by Crippen LogP contribution is 2.16. The summed E-state index contributed by atoms with van der Waals surface area (Å²) in [5.41, 5.74) is -1.03. The number of aliphatic hydroxyl groups is 2. The molecular formula is C13H18O4. The van der Waals surface area contributed by atoms with Crippen LogP contribution in [0.25, 0.3) is 0 Å². The van der Waals surface area contributed by atoms with Gasteiger partial charge in [-0.25, -0.2) is 4.79 Å². The van der Waals surface area contributed by atoms with Gasteiger partial charge in [0, 0.05) is 6.42 Å². The lowest BCUT2D eigenvalue weighted by Crippen LogP contribution is -2.48. The minimum Gasteiger partial charge on any atom is -0.464 e. The van der Waals surface area contributed by atoms with Gasteiger partial charge in [0.05, 0.1) is 12.7 Å². The Morgan fingerprint density at radius 1 is 1.41 bits per heavy atom. The second-order valence-corrected chi connectivity index (χ2v) is 4.07. The summed E-state index contributed by atoms with van der Waals surface area (Å²) in [4.78, 5) is 11.5. The predicted molar refractivity (Wildman–Crippen MR) is 63.4 cm³/mol. The molecule has 4 nitrogen and oxygen atoms in total. The molecule has 1 rings (SSSR count). The third-order valence-corrected chi connectivity index (χ3v) is 2.61. The predicted octanol–water partition coefficient (Wildman–Crippen LogP) is 0.904. The molecule has 1 aromatic carbocycles. The molecule has 0 aliphatic rings. The number of carbonyl (C=O) groups excluding carboxylic acids is 1. The van der Waals surface area contributed by atoms with Crippen LogP contribution in [-0.2, 0) is 16.0 Å². The molecule has 0 heterocycles. The quantitative estimate of drug-likeness (QED) is 0.748. The minimum absolute atomic E-state index is 0.174. The van der Waals surface area contributed by atoms with Crippen molar-refractivity contribution in [3.63, 3.8) is 0 Å². The average Bonchev–Trinajstić information content (AvgIpc) is 2.30. The number of benzene rings is 1. The minimum atomic E-state index is -1.88. The summed E-state index contributed by atoms with van der Waals surface area (Å²) in [5, 5.41) is 19.8. The van der Waals surface area contributed by atoms with Crippen molar-refractivity contribution in [1.82, 2.24) is 0 Å². The van der Waals surface area contributed by atoms with E-state index in [2.05, 4.69) is 0 Å². The van der Waals surface area contributed by atoms with Crippen molar-refractivity contribution in [2.24, 2.45) is 0 Å². The summed E-state index contributed by atoms with van der Waals surface area (Å²) >= 11 is 0. The topological polar surface area (TPSA) is 66.8 Å². The number of aliphatic hydroxyl groups excluding tert-OH is 1. The van der Waals surface area contributed by atoms with Gasteiger partial charge in [-0.2, -0.15) is 0 Å². The normalized spacial score (nSPS) is 16.0. The first kappa shape index (κ1) is 13.7. The Bertz CT molecular complexity index is 359. The SMILES string of the molecule is CCOC(=O)[C@](C)(O)[C@@H](O)Cc1ccccc1. The molecule has 2 atom stereocenters. The zero-order valence-corrected chi connectivity index (χ0v) is 10.1. The van der Waals surface area contributed by atoms with Crippen molar-refractivity contribution in [2.75, 3.05) is 6.61 Å². The Kier molecular flexibility index (Phi) is 4.66. The van der Waals surface area contributed by atoms with E-state index < -0.39 is 17.7 Å². The zero-order valence-electron chi connectivity index (χ0n) is 10.1. The second-order valence-electron chi connectivity index (χ2n) is 4.07. The summed E-state index contributed by atoms with van der Waals surface area (Å²) in [5.74, 6) is -0.802. The molecule has 0 unspecified atom stereocenters. The smallest absolute Gasteiger partial charge is 0.340 e. The van der Waals surface area contributed by atoms with Gasteiger partial charge in [-0.15, -0.1) is 0 Å². The molecule has 0 fully saturated rings. The van der Waals surface area contributed by atoms with E-state index in [0.29, 0.717) is 0 Å². The first-order chi connectivity index (χ1) is 7.98. The van der Waals surface area contributed by atoms with Crippen LogP contribution in [0.15, 0.2) is 30.3 Å². The van der Waals surface area contributed by atoms with Crippen molar-refractivity contribution in [2.45, 2.75) is 32.0 Å². The van der Waals surface area contributed by atoms with Crippen molar-refractivity contribution in [1.29, 1.82) is 0 Å². The molecule has 0 saturated carbocycles. The van der Waals surface area contributed by atoms with Crippen LogP contribution in [0.3, 0.4) is 0 Å². The molecule has 0 aliphatic heterocycles. The number of carbonyl (C=O) groups is 1. The molecule has 0 bridgehead atoms. The fourth-order valence-corrected chi connectivity index (χ4v) is 1.45. The van der Waals surface area contributed by atoms with Crippen molar-refractivity contribution >= 4 is 5.97 Å². The van der Waals surface area contributed by atoms with Crippen LogP contribution in [0.1, 0.15) is 19.4 Å². The lowest BCUT2D eigenvalue weighted by molar-refractivity contribution is -0.174. The second kappa shape index (κ2) is 5.80. The molecule has 4 heteroatoms. The van der Waals surface area contributed by atoms with Crippen LogP contribution in [0, 0.1) is 0 Å². The van der Waals surface area contributed by atoms with E-state index in [1.54, 1.807) is 6.92 Å². The molecule has 0 saturated heterocycles. The number of hydrogen-bond acceptors (Lipinski definition) is 4. The molecule has 0 amide bonds. The Labute approximate surface area is 101 Å². The van der Waals surface area contributed by atoms with Crippen LogP contribution < -0.4 is 0 Å². The van der Waals surface area contributed by atoms with Gasteiger partial charge in [-0.1, -0.05) is 30.3 Å². The Morgan fingerprint density at radius 2 is 2.00 bits per heavy atom. The molecule has 1 aromatic rings. The molecule has 17 heavy (non-hydrogen) atoms. The fourth-order valence-electron chi connectivity index (χ4n) is 1.45. The van der Waals surface area contributed by atoms with E-state index in [-0.39, 0.29) is 13.0 Å². The largest absolute Gasteiger partial charge is 0.464 e. The molecule has 0 spiro atoms. The molecular weight excluding hydrogens is 220 g/mol. The number of esters is 1.